The van der Waals surface area contributed by atoms with Crippen LogP contribution >= 0.6 is 15.9 Å². The van der Waals surface area contributed by atoms with E-state index in [1.165, 1.54) is 6.92 Å². The third-order valence-corrected chi connectivity index (χ3v) is 3.24. The summed E-state index contributed by atoms with van der Waals surface area (Å²) in [4.78, 5) is 23.7. The van der Waals surface area contributed by atoms with E-state index in [-0.39, 0.29) is 17.5 Å². The highest BCUT2D eigenvalue weighted by molar-refractivity contribution is 9.10. The SMILES string of the molecule is CC(=O)N/C(=C/c1ccccc1)C(=O)Nc1cccc(Br)c1. The van der Waals surface area contributed by atoms with Crippen LogP contribution in [0.25, 0.3) is 6.08 Å². The lowest BCUT2D eigenvalue weighted by atomic mass is 10.2. The largest absolute Gasteiger partial charge is 0.322 e. The van der Waals surface area contributed by atoms with Crippen molar-refractivity contribution in [2.75, 3.05) is 5.32 Å². The molecule has 0 atom stereocenters. The highest BCUT2D eigenvalue weighted by Crippen LogP contribution is 2.16. The van der Waals surface area contributed by atoms with E-state index in [0.29, 0.717) is 5.69 Å². The van der Waals surface area contributed by atoms with Crippen LogP contribution in [0.15, 0.2) is 64.8 Å². The van der Waals surface area contributed by atoms with Crippen molar-refractivity contribution >= 4 is 39.5 Å². The Morgan fingerprint density at radius 2 is 1.77 bits per heavy atom. The van der Waals surface area contributed by atoms with E-state index in [1.54, 1.807) is 18.2 Å². The van der Waals surface area contributed by atoms with E-state index < -0.39 is 0 Å². The molecule has 0 saturated carbocycles. The van der Waals surface area contributed by atoms with Gasteiger partial charge in [0.25, 0.3) is 5.91 Å². The molecule has 0 fully saturated rings. The molecule has 0 heterocycles. The summed E-state index contributed by atoms with van der Waals surface area (Å²) < 4.78 is 0.860. The molecule has 0 saturated heterocycles. The number of benzene rings is 2. The lowest BCUT2D eigenvalue weighted by molar-refractivity contribution is -0.120. The van der Waals surface area contributed by atoms with Gasteiger partial charge in [-0.3, -0.25) is 9.59 Å². The van der Waals surface area contributed by atoms with Crippen molar-refractivity contribution in [3.63, 3.8) is 0 Å². The van der Waals surface area contributed by atoms with Crippen LogP contribution in [-0.4, -0.2) is 11.8 Å². The Bertz CT molecular complexity index is 712. The predicted molar refractivity (Wildman–Crippen MR) is 91.0 cm³/mol. The van der Waals surface area contributed by atoms with E-state index >= 15 is 0 Å². The molecule has 0 aliphatic carbocycles. The molecule has 22 heavy (non-hydrogen) atoms. The molecule has 0 radical (unpaired) electrons. The van der Waals surface area contributed by atoms with Gasteiger partial charge in [-0.05, 0) is 29.8 Å². The second kappa shape index (κ2) is 7.56. The zero-order valence-electron chi connectivity index (χ0n) is 12.0. The molecule has 0 bridgehead atoms. The quantitative estimate of drug-likeness (QED) is 0.820. The fourth-order valence-electron chi connectivity index (χ4n) is 1.83. The lowest BCUT2D eigenvalue weighted by Crippen LogP contribution is -2.28. The molecule has 0 aliphatic rings. The monoisotopic (exact) mass is 358 g/mol. The summed E-state index contributed by atoms with van der Waals surface area (Å²) >= 11 is 3.35. The fourth-order valence-corrected chi connectivity index (χ4v) is 2.23. The minimum Gasteiger partial charge on any atom is -0.322 e. The Labute approximate surface area is 137 Å². The molecule has 2 N–H and O–H groups in total. The molecule has 0 aromatic heterocycles. The number of rotatable bonds is 4. The van der Waals surface area contributed by atoms with Gasteiger partial charge in [-0.15, -0.1) is 0 Å². The molecular weight excluding hydrogens is 344 g/mol. The zero-order chi connectivity index (χ0) is 15.9. The lowest BCUT2D eigenvalue weighted by Gasteiger charge is -2.10. The molecule has 2 amide bonds. The predicted octanol–water partition coefficient (Wildman–Crippen LogP) is 3.56. The Hall–Kier alpha value is -2.40. The number of carbonyl (C=O) groups is 2. The standard InChI is InChI=1S/C17H15BrN2O2/c1-12(21)19-16(10-13-6-3-2-4-7-13)17(22)20-15-9-5-8-14(18)11-15/h2-11H,1H3,(H,19,21)(H,20,22)/b16-10+. The van der Waals surface area contributed by atoms with Crippen molar-refractivity contribution in [3.8, 4) is 0 Å². The normalized spacial score (nSPS) is 10.9. The molecule has 4 nitrogen and oxygen atoms in total. The third kappa shape index (κ3) is 4.86. The van der Waals surface area contributed by atoms with Crippen LogP contribution in [0.4, 0.5) is 5.69 Å². The van der Waals surface area contributed by atoms with Gasteiger partial charge in [0.15, 0.2) is 0 Å². The van der Waals surface area contributed by atoms with Gasteiger partial charge in [0.05, 0.1) is 0 Å². The van der Waals surface area contributed by atoms with E-state index in [2.05, 4.69) is 26.6 Å². The van der Waals surface area contributed by atoms with E-state index in [9.17, 15) is 9.59 Å². The van der Waals surface area contributed by atoms with Gasteiger partial charge in [-0.25, -0.2) is 0 Å². The van der Waals surface area contributed by atoms with Crippen LogP contribution in [0, 0.1) is 0 Å². The minimum absolute atomic E-state index is 0.193. The summed E-state index contributed by atoms with van der Waals surface area (Å²) in [5.41, 5.74) is 1.66. The Morgan fingerprint density at radius 1 is 1.05 bits per heavy atom. The molecule has 0 spiro atoms. The molecule has 2 rings (SSSR count). The minimum atomic E-state index is -0.378. The summed E-state index contributed by atoms with van der Waals surface area (Å²) in [5.74, 6) is -0.677. The summed E-state index contributed by atoms with van der Waals surface area (Å²) in [6.07, 6.45) is 1.63. The maximum absolute atomic E-state index is 12.4. The van der Waals surface area contributed by atoms with Crippen molar-refractivity contribution in [1.29, 1.82) is 0 Å². The maximum atomic E-state index is 12.4. The number of anilines is 1. The number of hydrogen-bond acceptors (Lipinski definition) is 2. The molecule has 2 aromatic carbocycles. The van der Waals surface area contributed by atoms with Gasteiger partial charge in [0.2, 0.25) is 5.91 Å². The summed E-state index contributed by atoms with van der Waals surface area (Å²) in [5, 5.41) is 5.32. The Kier molecular flexibility index (Phi) is 5.49. The van der Waals surface area contributed by atoms with Gasteiger partial charge in [-0.2, -0.15) is 0 Å². The Balaban J connectivity index is 2.23. The van der Waals surface area contributed by atoms with Gasteiger partial charge in [0.1, 0.15) is 5.70 Å². The first kappa shape index (κ1) is 16.0. The van der Waals surface area contributed by atoms with E-state index in [4.69, 9.17) is 0 Å². The maximum Gasteiger partial charge on any atom is 0.272 e. The Morgan fingerprint density at radius 3 is 2.41 bits per heavy atom. The van der Waals surface area contributed by atoms with Crippen LogP contribution in [0.1, 0.15) is 12.5 Å². The van der Waals surface area contributed by atoms with E-state index in [0.717, 1.165) is 10.0 Å². The average molecular weight is 359 g/mol. The van der Waals surface area contributed by atoms with Crippen molar-refractivity contribution in [1.82, 2.24) is 5.32 Å². The first-order valence-corrected chi connectivity index (χ1v) is 7.45. The number of carbonyl (C=O) groups excluding carboxylic acids is 2. The van der Waals surface area contributed by atoms with Crippen molar-refractivity contribution in [2.45, 2.75) is 6.92 Å². The molecule has 2 aromatic rings. The van der Waals surface area contributed by atoms with E-state index in [1.807, 2.05) is 42.5 Å². The van der Waals surface area contributed by atoms with Crippen molar-refractivity contribution in [2.24, 2.45) is 0 Å². The van der Waals surface area contributed by atoms with Crippen molar-refractivity contribution < 1.29 is 9.59 Å². The average Bonchev–Trinajstić information content (AvgIpc) is 2.47. The fraction of sp³-hybridized carbons (Fsp3) is 0.0588. The van der Waals surface area contributed by atoms with Crippen LogP contribution in [0.3, 0.4) is 0 Å². The van der Waals surface area contributed by atoms with Gasteiger partial charge in [0, 0.05) is 17.1 Å². The van der Waals surface area contributed by atoms with Gasteiger partial charge >= 0.3 is 0 Å². The number of nitrogens with one attached hydrogen (secondary N) is 2. The number of halogens is 1. The second-order valence-corrected chi connectivity index (χ2v) is 5.53. The number of hydrogen-bond donors (Lipinski definition) is 2. The highest BCUT2D eigenvalue weighted by Gasteiger charge is 2.11. The summed E-state index contributed by atoms with van der Waals surface area (Å²) in [6, 6.07) is 16.6. The first-order chi connectivity index (χ1) is 10.5. The van der Waals surface area contributed by atoms with Gasteiger partial charge < -0.3 is 10.6 Å². The number of amides is 2. The topological polar surface area (TPSA) is 58.2 Å². The van der Waals surface area contributed by atoms with Crippen molar-refractivity contribution in [3.05, 3.63) is 70.3 Å². The van der Waals surface area contributed by atoms with Gasteiger partial charge in [-0.1, -0.05) is 52.3 Å². The van der Waals surface area contributed by atoms with Crippen LogP contribution in [0.2, 0.25) is 0 Å². The highest BCUT2D eigenvalue weighted by atomic mass is 79.9. The third-order valence-electron chi connectivity index (χ3n) is 2.75. The molecular formula is C17H15BrN2O2. The summed E-state index contributed by atoms with van der Waals surface area (Å²) in [7, 11) is 0. The molecule has 0 aliphatic heterocycles. The molecule has 5 heteroatoms. The summed E-state index contributed by atoms with van der Waals surface area (Å²) in [6.45, 7) is 1.37. The van der Waals surface area contributed by atoms with Crippen LogP contribution < -0.4 is 10.6 Å². The van der Waals surface area contributed by atoms with Crippen LogP contribution in [-0.2, 0) is 9.59 Å². The smallest absolute Gasteiger partial charge is 0.272 e. The van der Waals surface area contributed by atoms with Crippen LogP contribution in [0.5, 0.6) is 0 Å². The first-order valence-electron chi connectivity index (χ1n) is 6.66. The zero-order valence-corrected chi connectivity index (χ0v) is 13.6. The molecule has 0 unspecified atom stereocenters. The molecule has 112 valence electrons. The second-order valence-electron chi connectivity index (χ2n) is 4.61.